The van der Waals surface area contributed by atoms with Gasteiger partial charge in [0.15, 0.2) is 0 Å². The lowest BCUT2D eigenvalue weighted by molar-refractivity contribution is -0.220. The molecule has 2 amide bonds. The van der Waals surface area contributed by atoms with Crippen LogP contribution in [0.25, 0.3) is 11.0 Å². The summed E-state index contributed by atoms with van der Waals surface area (Å²) >= 11 is 13.0. The number of rotatable bonds is 10. The average molecular weight is 689 g/mol. The standard InChI is InChI=1S/C28H26Cl2F8N4O3/c1-42-19-10-20(45-12-21(31)32)16(24(43)40-13-27(33,34)35)8-18(19)41-22(42)9-15-17(29)5-4-14(23(15)30)11-39-25(44)26(28(36,37)38)6-2-3-7-26/h4-5,8,10,21H,2-3,6-7,9,11-13H2,1H3,(H,39,44)(H,40,43). The first-order chi connectivity index (χ1) is 20.9. The largest absolute Gasteiger partial charge is 0.487 e. The van der Waals surface area contributed by atoms with E-state index in [-0.39, 0.29) is 71.1 Å². The minimum atomic E-state index is -4.73. The molecule has 0 saturated heterocycles. The van der Waals surface area contributed by atoms with E-state index in [1.165, 1.54) is 29.8 Å². The maximum atomic E-state index is 13.8. The summed E-state index contributed by atoms with van der Waals surface area (Å²) in [5.41, 5.74) is -1.96. The summed E-state index contributed by atoms with van der Waals surface area (Å²) in [6.07, 6.45) is -12.5. The van der Waals surface area contributed by atoms with Crippen LogP contribution in [0.4, 0.5) is 35.1 Å². The third-order valence-corrected chi connectivity index (χ3v) is 8.43. The van der Waals surface area contributed by atoms with Crippen molar-refractivity contribution in [3.8, 4) is 5.75 Å². The zero-order chi connectivity index (χ0) is 33.3. The van der Waals surface area contributed by atoms with Crippen molar-refractivity contribution in [1.29, 1.82) is 0 Å². The Morgan fingerprint density at radius 1 is 1.07 bits per heavy atom. The van der Waals surface area contributed by atoms with Crippen molar-refractivity contribution in [2.75, 3.05) is 13.2 Å². The lowest BCUT2D eigenvalue weighted by Crippen LogP contribution is -2.48. The first-order valence-corrected chi connectivity index (χ1v) is 14.2. The lowest BCUT2D eigenvalue weighted by atomic mass is 9.84. The van der Waals surface area contributed by atoms with E-state index in [0.717, 1.165) is 6.07 Å². The smallest absolute Gasteiger partial charge is 0.405 e. The molecule has 3 aromatic rings. The first kappa shape index (κ1) is 34.5. The van der Waals surface area contributed by atoms with Crippen LogP contribution in [-0.4, -0.2) is 53.3 Å². The van der Waals surface area contributed by atoms with E-state index in [9.17, 15) is 44.7 Å². The second-order valence-corrected chi connectivity index (χ2v) is 11.4. The highest BCUT2D eigenvalue weighted by Gasteiger charge is 2.60. The van der Waals surface area contributed by atoms with Gasteiger partial charge in [0.05, 0.1) is 21.6 Å². The number of carbonyl (C=O) groups excluding carboxylic acids is 2. The Kier molecular flexibility index (Phi) is 10.1. The van der Waals surface area contributed by atoms with Crippen LogP contribution in [0.1, 0.15) is 53.0 Å². The summed E-state index contributed by atoms with van der Waals surface area (Å²) in [6, 6.07) is 5.18. The number of imidazole rings is 1. The molecule has 4 rings (SSSR count). The van der Waals surface area contributed by atoms with Crippen molar-refractivity contribution < 1.29 is 49.4 Å². The van der Waals surface area contributed by atoms with Gasteiger partial charge in [0, 0.05) is 31.1 Å². The number of hydrogen-bond acceptors (Lipinski definition) is 4. The number of amides is 2. The van der Waals surface area contributed by atoms with Gasteiger partial charge in [0.25, 0.3) is 12.3 Å². The topological polar surface area (TPSA) is 85.2 Å². The zero-order valence-electron chi connectivity index (χ0n) is 23.4. The zero-order valence-corrected chi connectivity index (χ0v) is 25.0. The molecule has 2 N–H and O–H groups in total. The summed E-state index contributed by atoms with van der Waals surface area (Å²) < 4.78 is 112. The molecule has 1 saturated carbocycles. The van der Waals surface area contributed by atoms with E-state index >= 15 is 0 Å². The number of nitrogens with zero attached hydrogens (tertiary/aromatic N) is 2. The lowest BCUT2D eigenvalue weighted by Gasteiger charge is -2.30. The predicted molar refractivity (Wildman–Crippen MR) is 149 cm³/mol. The highest BCUT2D eigenvalue weighted by atomic mass is 35.5. The fourth-order valence-electron chi connectivity index (χ4n) is 5.22. The van der Waals surface area contributed by atoms with Gasteiger partial charge in [-0.2, -0.15) is 26.3 Å². The fraction of sp³-hybridized carbons (Fsp3) is 0.464. The van der Waals surface area contributed by atoms with Gasteiger partial charge >= 0.3 is 12.4 Å². The molecule has 7 nitrogen and oxygen atoms in total. The Balaban J connectivity index is 1.63. The van der Waals surface area contributed by atoms with Gasteiger partial charge in [0.2, 0.25) is 5.91 Å². The van der Waals surface area contributed by atoms with Gasteiger partial charge < -0.3 is 19.9 Å². The number of alkyl halides is 8. The monoisotopic (exact) mass is 688 g/mol. The molecule has 1 aliphatic rings. The molecule has 2 aromatic carbocycles. The molecule has 45 heavy (non-hydrogen) atoms. The molecular formula is C28H26Cl2F8N4O3. The number of ether oxygens (including phenoxy) is 1. The Hall–Kier alpha value is -3.33. The van der Waals surface area contributed by atoms with Crippen molar-refractivity contribution in [2.24, 2.45) is 12.5 Å². The van der Waals surface area contributed by atoms with Crippen LogP contribution >= 0.6 is 23.2 Å². The van der Waals surface area contributed by atoms with Crippen LogP contribution < -0.4 is 15.4 Å². The molecule has 17 heteroatoms. The second kappa shape index (κ2) is 13.2. The minimum Gasteiger partial charge on any atom is -0.487 e. The SMILES string of the molecule is Cn1c(Cc2c(Cl)ccc(CNC(=O)C3(C(F)(F)F)CCCC3)c2Cl)nc2cc(C(=O)NCC(F)(F)F)c(OCC(F)F)cc21. The molecule has 0 bridgehead atoms. The van der Waals surface area contributed by atoms with E-state index in [0.29, 0.717) is 5.56 Å². The summed E-state index contributed by atoms with van der Waals surface area (Å²) in [5.74, 6) is -2.50. The number of benzene rings is 2. The third-order valence-electron chi connectivity index (χ3n) is 7.61. The van der Waals surface area contributed by atoms with Gasteiger partial charge in [-0.15, -0.1) is 0 Å². The molecule has 0 radical (unpaired) electrons. The Morgan fingerprint density at radius 2 is 1.73 bits per heavy atom. The van der Waals surface area contributed by atoms with Crippen LogP contribution in [0.3, 0.4) is 0 Å². The molecule has 246 valence electrons. The van der Waals surface area contributed by atoms with Gasteiger partial charge in [0.1, 0.15) is 30.1 Å². The molecule has 1 fully saturated rings. The van der Waals surface area contributed by atoms with Crippen LogP contribution in [0.15, 0.2) is 24.3 Å². The highest BCUT2D eigenvalue weighted by Crippen LogP contribution is 2.50. The number of nitrogens with one attached hydrogen (secondary N) is 2. The Morgan fingerprint density at radius 3 is 2.33 bits per heavy atom. The van der Waals surface area contributed by atoms with Crippen LogP contribution in [-0.2, 0) is 24.8 Å². The number of fused-ring (bicyclic) bond motifs is 1. The molecule has 0 aliphatic heterocycles. The normalized spacial score (nSPS) is 15.1. The van der Waals surface area contributed by atoms with Crippen molar-refractivity contribution in [2.45, 2.75) is 57.4 Å². The van der Waals surface area contributed by atoms with Crippen molar-refractivity contribution in [1.82, 2.24) is 20.2 Å². The molecule has 0 atom stereocenters. The van der Waals surface area contributed by atoms with Crippen molar-refractivity contribution >= 4 is 46.0 Å². The Bertz CT molecular complexity index is 1580. The summed E-state index contributed by atoms with van der Waals surface area (Å²) in [4.78, 5) is 29.7. The molecule has 0 unspecified atom stereocenters. The maximum absolute atomic E-state index is 13.8. The second-order valence-electron chi connectivity index (χ2n) is 10.6. The molecule has 1 heterocycles. The third kappa shape index (κ3) is 7.56. The van der Waals surface area contributed by atoms with E-state index in [1.807, 2.05) is 0 Å². The van der Waals surface area contributed by atoms with Crippen LogP contribution in [0.5, 0.6) is 5.75 Å². The van der Waals surface area contributed by atoms with Gasteiger partial charge in [-0.3, -0.25) is 9.59 Å². The van der Waals surface area contributed by atoms with E-state index in [1.54, 1.807) is 5.32 Å². The highest BCUT2D eigenvalue weighted by molar-refractivity contribution is 6.36. The maximum Gasteiger partial charge on any atom is 0.405 e. The van der Waals surface area contributed by atoms with Crippen molar-refractivity contribution in [3.05, 3.63) is 56.8 Å². The van der Waals surface area contributed by atoms with Crippen LogP contribution in [0.2, 0.25) is 10.0 Å². The number of aryl methyl sites for hydroxylation is 1. The van der Waals surface area contributed by atoms with Gasteiger partial charge in [-0.25, -0.2) is 13.8 Å². The molecule has 1 aromatic heterocycles. The van der Waals surface area contributed by atoms with Gasteiger partial charge in [-0.05, 0) is 36.1 Å². The average Bonchev–Trinajstić information content (AvgIpc) is 3.57. The molecule has 1 aliphatic carbocycles. The summed E-state index contributed by atoms with van der Waals surface area (Å²) in [7, 11) is 1.54. The van der Waals surface area contributed by atoms with E-state index in [2.05, 4.69) is 10.3 Å². The van der Waals surface area contributed by atoms with E-state index in [4.69, 9.17) is 27.9 Å². The molecular weight excluding hydrogens is 663 g/mol. The van der Waals surface area contributed by atoms with Crippen LogP contribution in [0, 0.1) is 5.41 Å². The summed E-state index contributed by atoms with van der Waals surface area (Å²) in [5, 5.41) is 4.24. The fourth-order valence-corrected chi connectivity index (χ4v) is 5.79. The first-order valence-electron chi connectivity index (χ1n) is 13.5. The Labute approximate surface area is 261 Å². The summed E-state index contributed by atoms with van der Waals surface area (Å²) in [6.45, 7) is -3.12. The molecule has 0 spiro atoms. The predicted octanol–water partition coefficient (Wildman–Crippen LogP) is 7.15. The minimum absolute atomic E-state index is 0.0514. The number of hydrogen-bond donors (Lipinski definition) is 2. The number of carbonyl (C=O) groups is 2. The van der Waals surface area contributed by atoms with E-state index < -0.39 is 60.5 Å². The number of halogens is 10. The number of aromatic nitrogens is 2. The van der Waals surface area contributed by atoms with Gasteiger partial charge in [-0.1, -0.05) is 42.1 Å². The van der Waals surface area contributed by atoms with Crippen molar-refractivity contribution in [3.63, 3.8) is 0 Å². The quantitative estimate of drug-likeness (QED) is 0.222.